The molecule has 0 aliphatic carbocycles. The van der Waals surface area contributed by atoms with Crippen LogP contribution in [0.3, 0.4) is 0 Å². The van der Waals surface area contributed by atoms with Crippen LogP contribution in [0.2, 0.25) is 0 Å². The molecule has 0 saturated heterocycles. The SMILES string of the molecule is CC(NN)c1cn(C)c2ccccc12. The number of nitrogens with two attached hydrogens (primary N) is 1. The first-order valence-corrected chi connectivity index (χ1v) is 4.74. The molecule has 0 spiro atoms. The van der Waals surface area contributed by atoms with E-state index in [1.54, 1.807) is 0 Å². The summed E-state index contributed by atoms with van der Waals surface area (Å²) in [5.41, 5.74) is 5.26. The van der Waals surface area contributed by atoms with Crippen LogP contribution in [0, 0.1) is 0 Å². The minimum absolute atomic E-state index is 0.182. The predicted molar refractivity (Wildman–Crippen MR) is 58.7 cm³/mol. The van der Waals surface area contributed by atoms with Gasteiger partial charge in [0.1, 0.15) is 0 Å². The highest BCUT2D eigenvalue weighted by molar-refractivity contribution is 5.84. The van der Waals surface area contributed by atoms with Gasteiger partial charge >= 0.3 is 0 Å². The first-order valence-electron chi connectivity index (χ1n) is 4.74. The maximum atomic E-state index is 5.45. The van der Waals surface area contributed by atoms with E-state index in [0.29, 0.717) is 0 Å². The van der Waals surface area contributed by atoms with Crippen molar-refractivity contribution in [3.63, 3.8) is 0 Å². The zero-order valence-corrected chi connectivity index (χ0v) is 8.49. The van der Waals surface area contributed by atoms with Gasteiger partial charge in [-0.1, -0.05) is 18.2 Å². The third-order valence-corrected chi connectivity index (χ3v) is 2.64. The molecular weight excluding hydrogens is 174 g/mol. The second-order valence-corrected chi connectivity index (χ2v) is 3.60. The van der Waals surface area contributed by atoms with Crippen molar-refractivity contribution in [2.75, 3.05) is 0 Å². The van der Waals surface area contributed by atoms with Crippen LogP contribution in [-0.2, 0) is 7.05 Å². The molecule has 2 aromatic rings. The fraction of sp³-hybridized carbons (Fsp3) is 0.273. The lowest BCUT2D eigenvalue weighted by atomic mass is 10.1. The number of nitrogens with one attached hydrogen (secondary N) is 1. The molecule has 1 aromatic carbocycles. The summed E-state index contributed by atoms with van der Waals surface area (Å²) < 4.78 is 2.12. The number of aromatic nitrogens is 1. The highest BCUT2D eigenvalue weighted by atomic mass is 15.2. The van der Waals surface area contributed by atoms with E-state index in [0.717, 1.165) is 0 Å². The number of benzene rings is 1. The van der Waals surface area contributed by atoms with Gasteiger partial charge in [0, 0.05) is 30.2 Å². The van der Waals surface area contributed by atoms with Crippen molar-refractivity contribution in [1.82, 2.24) is 9.99 Å². The lowest BCUT2D eigenvalue weighted by Crippen LogP contribution is -2.25. The summed E-state index contributed by atoms with van der Waals surface area (Å²) in [6, 6.07) is 8.52. The zero-order valence-electron chi connectivity index (χ0n) is 8.49. The van der Waals surface area contributed by atoms with Crippen LogP contribution >= 0.6 is 0 Å². The van der Waals surface area contributed by atoms with Gasteiger partial charge in [0.15, 0.2) is 0 Å². The summed E-state index contributed by atoms with van der Waals surface area (Å²) >= 11 is 0. The summed E-state index contributed by atoms with van der Waals surface area (Å²) in [5, 5.41) is 1.26. The van der Waals surface area contributed by atoms with Gasteiger partial charge in [-0.2, -0.15) is 0 Å². The lowest BCUT2D eigenvalue weighted by Gasteiger charge is -2.07. The molecule has 2 rings (SSSR count). The molecule has 0 fully saturated rings. The minimum Gasteiger partial charge on any atom is -0.350 e. The van der Waals surface area contributed by atoms with E-state index in [4.69, 9.17) is 5.84 Å². The van der Waals surface area contributed by atoms with Crippen molar-refractivity contribution in [3.05, 3.63) is 36.0 Å². The molecule has 0 radical (unpaired) electrons. The van der Waals surface area contributed by atoms with Gasteiger partial charge in [0.2, 0.25) is 0 Å². The third-order valence-electron chi connectivity index (χ3n) is 2.64. The highest BCUT2D eigenvalue weighted by Gasteiger charge is 2.10. The van der Waals surface area contributed by atoms with E-state index in [2.05, 4.69) is 48.4 Å². The Bertz CT molecular complexity index is 445. The van der Waals surface area contributed by atoms with Crippen LogP contribution in [-0.4, -0.2) is 4.57 Å². The van der Waals surface area contributed by atoms with Gasteiger partial charge in [-0.25, -0.2) is 0 Å². The summed E-state index contributed by atoms with van der Waals surface area (Å²) in [6.07, 6.45) is 2.12. The number of nitrogens with zero attached hydrogens (tertiary/aromatic N) is 1. The molecule has 1 unspecified atom stereocenters. The summed E-state index contributed by atoms with van der Waals surface area (Å²) in [7, 11) is 2.05. The Balaban J connectivity index is 2.66. The van der Waals surface area contributed by atoms with Crippen molar-refractivity contribution >= 4 is 10.9 Å². The molecule has 74 valence electrons. The molecule has 3 heteroatoms. The molecule has 0 saturated carbocycles. The topological polar surface area (TPSA) is 43.0 Å². The minimum atomic E-state index is 0.182. The fourth-order valence-corrected chi connectivity index (χ4v) is 1.81. The number of para-hydroxylation sites is 1. The molecule has 0 aliphatic rings. The number of rotatable bonds is 2. The van der Waals surface area contributed by atoms with Gasteiger partial charge in [0.25, 0.3) is 0 Å². The molecular formula is C11H15N3. The van der Waals surface area contributed by atoms with Gasteiger partial charge in [-0.3, -0.25) is 11.3 Å². The first kappa shape index (κ1) is 9.24. The molecule has 1 aromatic heterocycles. The Labute approximate surface area is 83.5 Å². The van der Waals surface area contributed by atoms with E-state index >= 15 is 0 Å². The van der Waals surface area contributed by atoms with E-state index in [9.17, 15) is 0 Å². The van der Waals surface area contributed by atoms with Gasteiger partial charge in [0.05, 0.1) is 0 Å². The summed E-state index contributed by atoms with van der Waals surface area (Å²) in [5.74, 6) is 5.45. The van der Waals surface area contributed by atoms with Crippen molar-refractivity contribution in [2.45, 2.75) is 13.0 Å². The Morgan fingerprint density at radius 2 is 2.07 bits per heavy atom. The van der Waals surface area contributed by atoms with Crippen LogP contribution < -0.4 is 11.3 Å². The average molecular weight is 189 g/mol. The average Bonchev–Trinajstić information content (AvgIpc) is 2.56. The van der Waals surface area contributed by atoms with Gasteiger partial charge < -0.3 is 4.57 Å². The molecule has 3 N–H and O–H groups in total. The predicted octanol–water partition coefficient (Wildman–Crippen LogP) is 1.70. The number of hydrazine groups is 1. The Hall–Kier alpha value is -1.32. The number of fused-ring (bicyclic) bond motifs is 1. The van der Waals surface area contributed by atoms with Crippen molar-refractivity contribution in [3.8, 4) is 0 Å². The van der Waals surface area contributed by atoms with E-state index in [1.165, 1.54) is 16.5 Å². The smallest absolute Gasteiger partial charge is 0.0481 e. The lowest BCUT2D eigenvalue weighted by molar-refractivity contribution is 0.604. The number of aryl methyl sites for hydroxylation is 1. The van der Waals surface area contributed by atoms with Gasteiger partial charge in [-0.05, 0) is 18.6 Å². The Morgan fingerprint density at radius 1 is 1.36 bits per heavy atom. The third kappa shape index (κ3) is 1.31. The normalized spacial score (nSPS) is 13.4. The standard InChI is InChI=1S/C11H15N3/c1-8(13-12)10-7-14(2)11-6-4-3-5-9(10)11/h3-8,13H,12H2,1-2H3. The Kier molecular flexibility index (Phi) is 2.27. The quantitative estimate of drug-likeness (QED) is 0.558. The fourth-order valence-electron chi connectivity index (χ4n) is 1.81. The molecule has 0 aliphatic heterocycles. The van der Waals surface area contributed by atoms with Crippen molar-refractivity contribution in [2.24, 2.45) is 12.9 Å². The second-order valence-electron chi connectivity index (χ2n) is 3.60. The molecule has 3 nitrogen and oxygen atoms in total. The molecule has 14 heavy (non-hydrogen) atoms. The largest absolute Gasteiger partial charge is 0.350 e. The molecule has 1 heterocycles. The number of hydrogen-bond acceptors (Lipinski definition) is 2. The van der Waals surface area contributed by atoms with Crippen LogP contribution in [0.15, 0.2) is 30.5 Å². The zero-order chi connectivity index (χ0) is 10.1. The highest BCUT2D eigenvalue weighted by Crippen LogP contribution is 2.24. The molecule has 0 bridgehead atoms. The monoisotopic (exact) mass is 189 g/mol. The molecule has 1 atom stereocenters. The molecule has 0 amide bonds. The van der Waals surface area contributed by atoms with Crippen LogP contribution in [0.5, 0.6) is 0 Å². The number of hydrogen-bond donors (Lipinski definition) is 2. The van der Waals surface area contributed by atoms with Crippen molar-refractivity contribution in [1.29, 1.82) is 0 Å². The van der Waals surface area contributed by atoms with Gasteiger partial charge in [-0.15, -0.1) is 0 Å². The maximum absolute atomic E-state index is 5.45. The van der Waals surface area contributed by atoms with Crippen LogP contribution in [0.1, 0.15) is 18.5 Å². The second kappa shape index (κ2) is 3.44. The van der Waals surface area contributed by atoms with E-state index in [1.807, 2.05) is 6.07 Å². The summed E-state index contributed by atoms with van der Waals surface area (Å²) in [4.78, 5) is 0. The van der Waals surface area contributed by atoms with Crippen LogP contribution in [0.4, 0.5) is 0 Å². The van der Waals surface area contributed by atoms with Crippen molar-refractivity contribution < 1.29 is 0 Å². The van der Waals surface area contributed by atoms with E-state index < -0.39 is 0 Å². The Morgan fingerprint density at radius 3 is 2.79 bits per heavy atom. The first-order chi connectivity index (χ1) is 6.74. The van der Waals surface area contributed by atoms with E-state index in [-0.39, 0.29) is 6.04 Å². The summed E-state index contributed by atoms with van der Waals surface area (Å²) in [6.45, 7) is 2.06. The maximum Gasteiger partial charge on any atom is 0.0481 e. The van der Waals surface area contributed by atoms with Crippen LogP contribution in [0.25, 0.3) is 10.9 Å².